The lowest BCUT2D eigenvalue weighted by Crippen LogP contribution is -2.17. The minimum absolute atomic E-state index is 0.598. The van der Waals surface area contributed by atoms with Crippen LogP contribution in [-0.4, -0.2) is 20.2 Å². The lowest BCUT2D eigenvalue weighted by molar-refractivity contribution is 0.413. The van der Waals surface area contributed by atoms with Crippen molar-refractivity contribution in [2.75, 3.05) is 25.1 Å². The molecule has 0 atom stereocenters. The van der Waals surface area contributed by atoms with Crippen LogP contribution in [0.5, 0.6) is 5.75 Å². The van der Waals surface area contributed by atoms with Crippen LogP contribution in [0.15, 0.2) is 18.2 Å². The number of methoxy groups -OCH3 is 1. The molecule has 0 amide bonds. The van der Waals surface area contributed by atoms with Gasteiger partial charge in [-0.25, -0.2) is 0 Å². The SMILES string of the molecule is COc1cc(N2CCCC2)ccc1C#N. The molecule has 1 aromatic carbocycles. The topological polar surface area (TPSA) is 36.3 Å². The molecule has 0 radical (unpaired) electrons. The van der Waals surface area contributed by atoms with Crippen LogP contribution in [0.3, 0.4) is 0 Å². The Morgan fingerprint density at radius 2 is 2.07 bits per heavy atom. The third-order valence-electron chi connectivity index (χ3n) is 2.78. The van der Waals surface area contributed by atoms with Gasteiger partial charge in [0.05, 0.1) is 12.7 Å². The van der Waals surface area contributed by atoms with E-state index >= 15 is 0 Å². The predicted octanol–water partition coefficient (Wildman–Crippen LogP) is 2.17. The molecule has 0 aliphatic carbocycles. The van der Waals surface area contributed by atoms with Crippen molar-refractivity contribution in [3.8, 4) is 11.8 Å². The molecular weight excluding hydrogens is 188 g/mol. The smallest absolute Gasteiger partial charge is 0.138 e. The summed E-state index contributed by atoms with van der Waals surface area (Å²) >= 11 is 0. The molecule has 3 nitrogen and oxygen atoms in total. The maximum absolute atomic E-state index is 8.86. The first-order valence-corrected chi connectivity index (χ1v) is 5.18. The molecule has 0 saturated carbocycles. The van der Waals surface area contributed by atoms with Crippen LogP contribution >= 0.6 is 0 Å². The number of nitrogens with zero attached hydrogens (tertiary/aromatic N) is 2. The van der Waals surface area contributed by atoms with Gasteiger partial charge in [-0.2, -0.15) is 5.26 Å². The Kier molecular flexibility index (Phi) is 2.77. The molecule has 3 heteroatoms. The zero-order valence-corrected chi connectivity index (χ0v) is 8.86. The van der Waals surface area contributed by atoms with Gasteiger partial charge in [-0.1, -0.05) is 0 Å². The Balaban J connectivity index is 2.30. The van der Waals surface area contributed by atoms with Gasteiger partial charge in [0.1, 0.15) is 11.8 Å². The van der Waals surface area contributed by atoms with Crippen molar-refractivity contribution in [1.29, 1.82) is 5.26 Å². The van der Waals surface area contributed by atoms with E-state index in [0.717, 1.165) is 18.8 Å². The standard InChI is InChI=1S/C12H14N2O/c1-15-12-8-11(5-4-10(12)9-13)14-6-2-3-7-14/h4-5,8H,2-3,6-7H2,1H3. The average Bonchev–Trinajstić information content (AvgIpc) is 2.81. The monoisotopic (exact) mass is 202 g/mol. The number of ether oxygens (including phenoxy) is 1. The van der Waals surface area contributed by atoms with E-state index < -0.39 is 0 Å². The normalized spacial score (nSPS) is 15.1. The van der Waals surface area contributed by atoms with Crippen molar-refractivity contribution in [1.82, 2.24) is 0 Å². The van der Waals surface area contributed by atoms with Crippen LogP contribution in [0.25, 0.3) is 0 Å². The van der Waals surface area contributed by atoms with Gasteiger partial charge < -0.3 is 9.64 Å². The first-order chi connectivity index (χ1) is 7.35. The van der Waals surface area contributed by atoms with Crippen molar-refractivity contribution >= 4 is 5.69 Å². The second-order valence-corrected chi connectivity index (χ2v) is 3.69. The van der Waals surface area contributed by atoms with Crippen LogP contribution in [0, 0.1) is 11.3 Å². The summed E-state index contributed by atoms with van der Waals surface area (Å²) in [7, 11) is 1.60. The molecule has 0 aromatic heterocycles. The molecule has 1 aliphatic heterocycles. The number of rotatable bonds is 2. The minimum Gasteiger partial charge on any atom is -0.495 e. The maximum atomic E-state index is 8.86. The second-order valence-electron chi connectivity index (χ2n) is 3.69. The Labute approximate surface area is 89.9 Å². The Morgan fingerprint density at radius 3 is 2.67 bits per heavy atom. The highest BCUT2D eigenvalue weighted by atomic mass is 16.5. The van der Waals surface area contributed by atoms with Crippen LogP contribution < -0.4 is 9.64 Å². The number of benzene rings is 1. The fourth-order valence-corrected chi connectivity index (χ4v) is 1.94. The number of nitriles is 1. The largest absolute Gasteiger partial charge is 0.495 e. The summed E-state index contributed by atoms with van der Waals surface area (Å²) in [5.74, 6) is 0.668. The lowest BCUT2D eigenvalue weighted by Gasteiger charge is -2.18. The highest BCUT2D eigenvalue weighted by Gasteiger charge is 2.13. The van der Waals surface area contributed by atoms with E-state index in [1.165, 1.54) is 12.8 Å². The first-order valence-electron chi connectivity index (χ1n) is 5.18. The third-order valence-corrected chi connectivity index (χ3v) is 2.78. The third kappa shape index (κ3) is 1.89. The van der Waals surface area contributed by atoms with Crippen molar-refractivity contribution in [3.63, 3.8) is 0 Å². The van der Waals surface area contributed by atoms with E-state index in [-0.39, 0.29) is 0 Å². The molecule has 1 fully saturated rings. The van der Waals surface area contributed by atoms with Gasteiger partial charge in [0.15, 0.2) is 0 Å². The molecule has 0 spiro atoms. The van der Waals surface area contributed by atoms with Gasteiger partial charge in [0.2, 0.25) is 0 Å². The Bertz CT molecular complexity index is 389. The van der Waals surface area contributed by atoms with E-state index in [9.17, 15) is 0 Å². The van der Waals surface area contributed by atoms with E-state index in [2.05, 4.69) is 11.0 Å². The molecule has 1 aliphatic rings. The summed E-state index contributed by atoms with van der Waals surface area (Å²) < 4.78 is 5.19. The summed E-state index contributed by atoms with van der Waals surface area (Å²) in [5.41, 5.74) is 1.75. The summed E-state index contributed by atoms with van der Waals surface area (Å²) in [6, 6.07) is 7.89. The lowest BCUT2D eigenvalue weighted by atomic mass is 10.2. The first kappa shape index (κ1) is 9.85. The molecule has 1 heterocycles. The number of hydrogen-bond acceptors (Lipinski definition) is 3. The molecule has 1 saturated heterocycles. The average molecular weight is 202 g/mol. The minimum atomic E-state index is 0.598. The van der Waals surface area contributed by atoms with E-state index in [1.807, 2.05) is 18.2 Å². The van der Waals surface area contributed by atoms with Gasteiger partial charge in [-0.15, -0.1) is 0 Å². The van der Waals surface area contributed by atoms with E-state index in [1.54, 1.807) is 7.11 Å². The quantitative estimate of drug-likeness (QED) is 0.737. The molecule has 0 bridgehead atoms. The Hall–Kier alpha value is -1.69. The van der Waals surface area contributed by atoms with Crippen molar-refractivity contribution in [3.05, 3.63) is 23.8 Å². The van der Waals surface area contributed by atoms with E-state index in [0.29, 0.717) is 11.3 Å². The molecule has 78 valence electrons. The van der Waals surface area contributed by atoms with Crippen LogP contribution in [0.2, 0.25) is 0 Å². The summed E-state index contributed by atoms with van der Waals surface area (Å²) in [6.45, 7) is 2.21. The summed E-state index contributed by atoms with van der Waals surface area (Å²) in [5, 5.41) is 8.86. The van der Waals surface area contributed by atoms with E-state index in [4.69, 9.17) is 10.00 Å². The van der Waals surface area contributed by atoms with Gasteiger partial charge in [0.25, 0.3) is 0 Å². The van der Waals surface area contributed by atoms with Gasteiger partial charge >= 0.3 is 0 Å². The zero-order valence-electron chi connectivity index (χ0n) is 8.86. The second kappa shape index (κ2) is 4.22. The molecule has 1 aromatic rings. The fraction of sp³-hybridized carbons (Fsp3) is 0.417. The van der Waals surface area contributed by atoms with Crippen molar-refractivity contribution < 1.29 is 4.74 Å². The zero-order chi connectivity index (χ0) is 10.7. The van der Waals surface area contributed by atoms with Crippen molar-refractivity contribution in [2.45, 2.75) is 12.8 Å². The highest BCUT2D eigenvalue weighted by Crippen LogP contribution is 2.27. The molecule has 15 heavy (non-hydrogen) atoms. The predicted molar refractivity (Wildman–Crippen MR) is 59.2 cm³/mol. The number of hydrogen-bond donors (Lipinski definition) is 0. The van der Waals surface area contributed by atoms with Crippen LogP contribution in [0.4, 0.5) is 5.69 Å². The Morgan fingerprint density at radius 1 is 1.33 bits per heavy atom. The molecular formula is C12H14N2O. The number of anilines is 1. The summed E-state index contributed by atoms with van der Waals surface area (Å²) in [4.78, 5) is 2.32. The van der Waals surface area contributed by atoms with Gasteiger partial charge in [0, 0.05) is 24.8 Å². The highest BCUT2D eigenvalue weighted by molar-refractivity contribution is 5.57. The fourth-order valence-electron chi connectivity index (χ4n) is 1.94. The molecule has 0 N–H and O–H groups in total. The summed E-state index contributed by atoms with van der Waals surface area (Å²) in [6.07, 6.45) is 2.50. The maximum Gasteiger partial charge on any atom is 0.138 e. The van der Waals surface area contributed by atoms with Crippen LogP contribution in [-0.2, 0) is 0 Å². The van der Waals surface area contributed by atoms with Crippen molar-refractivity contribution in [2.24, 2.45) is 0 Å². The van der Waals surface area contributed by atoms with Crippen LogP contribution in [0.1, 0.15) is 18.4 Å². The van der Waals surface area contributed by atoms with Gasteiger partial charge in [-0.05, 0) is 25.0 Å². The molecule has 2 rings (SSSR count). The van der Waals surface area contributed by atoms with Gasteiger partial charge in [-0.3, -0.25) is 0 Å². The molecule has 0 unspecified atom stereocenters.